The van der Waals surface area contributed by atoms with Gasteiger partial charge < -0.3 is 4.57 Å². The van der Waals surface area contributed by atoms with Crippen molar-refractivity contribution in [2.24, 2.45) is 0 Å². The van der Waals surface area contributed by atoms with Crippen LogP contribution >= 0.6 is 0 Å². The van der Waals surface area contributed by atoms with Gasteiger partial charge in [0.15, 0.2) is 5.82 Å². The number of pyridine rings is 1. The Bertz CT molecular complexity index is 1070. The van der Waals surface area contributed by atoms with Crippen LogP contribution in [0.5, 0.6) is 0 Å². The van der Waals surface area contributed by atoms with E-state index in [1.165, 1.54) is 16.7 Å². The fourth-order valence-electron chi connectivity index (χ4n) is 4.18. The topological polar surface area (TPSA) is 46.8 Å². The van der Waals surface area contributed by atoms with E-state index in [1.54, 1.807) is 0 Å². The number of benzene rings is 2. The first-order chi connectivity index (χ1) is 14.3. The van der Waals surface area contributed by atoms with E-state index >= 15 is 0 Å². The van der Waals surface area contributed by atoms with Crippen molar-refractivity contribution < 1.29 is 0 Å². The Hall–Kier alpha value is -3.31. The molecule has 0 N–H and O–H groups in total. The van der Waals surface area contributed by atoms with Gasteiger partial charge in [0.25, 0.3) is 0 Å². The molecular formula is C24H23N5. The Morgan fingerprint density at radius 1 is 0.828 bits per heavy atom. The second-order valence-corrected chi connectivity index (χ2v) is 7.48. The maximum absolute atomic E-state index is 4.54. The molecule has 3 heterocycles. The molecule has 2 aromatic heterocycles. The van der Waals surface area contributed by atoms with E-state index in [0.29, 0.717) is 0 Å². The highest BCUT2D eigenvalue weighted by molar-refractivity contribution is 5.58. The summed E-state index contributed by atoms with van der Waals surface area (Å²) in [6.07, 6.45) is 3.70. The monoisotopic (exact) mass is 381 g/mol. The van der Waals surface area contributed by atoms with Crippen LogP contribution in [0.4, 0.5) is 0 Å². The van der Waals surface area contributed by atoms with Gasteiger partial charge >= 0.3 is 0 Å². The van der Waals surface area contributed by atoms with Crippen LogP contribution in [0.15, 0.2) is 79.1 Å². The number of rotatable bonds is 4. The molecule has 4 aromatic rings. The molecule has 5 heteroatoms. The third-order valence-corrected chi connectivity index (χ3v) is 5.66. The van der Waals surface area contributed by atoms with Crippen molar-refractivity contribution >= 4 is 0 Å². The van der Waals surface area contributed by atoms with Crippen molar-refractivity contribution in [2.45, 2.75) is 26.1 Å². The molecule has 1 aliphatic heterocycles. The predicted molar refractivity (Wildman–Crippen MR) is 113 cm³/mol. The van der Waals surface area contributed by atoms with Crippen molar-refractivity contribution in [3.05, 3.63) is 102 Å². The lowest BCUT2D eigenvalue weighted by atomic mass is 9.96. The van der Waals surface area contributed by atoms with E-state index in [0.717, 1.165) is 36.8 Å². The molecule has 0 radical (unpaired) electrons. The van der Waals surface area contributed by atoms with E-state index < -0.39 is 0 Å². The summed E-state index contributed by atoms with van der Waals surface area (Å²) < 4.78 is 2.24. The van der Waals surface area contributed by atoms with Crippen LogP contribution < -0.4 is 0 Å². The minimum Gasteiger partial charge on any atom is -0.309 e. The second kappa shape index (κ2) is 7.60. The average Bonchev–Trinajstić information content (AvgIpc) is 3.19. The van der Waals surface area contributed by atoms with Crippen molar-refractivity contribution in [3.8, 4) is 11.4 Å². The molecule has 0 saturated heterocycles. The standard InChI is InChI=1S/C24H23N5/c1-18-12-13-25-16-21(18)24-27-26-22-17-28(14-15-29(22)24)23(19-8-4-2-5-9-19)20-10-6-3-7-11-20/h2-13,16,23H,14-15,17H2,1H3. The van der Waals surface area contributed by atoms with E-state index in [2.05, 4.69) is 92.2 Å². The van der Waals surface area contributed by atoms with Gasteiger partial charge in [-0.05, 0) is 29.7 Å². The van der Waals surface area contributed by atoms with Crippen LogP contribution in [-0.2, 0) is 13.1 Å². The summed E-state index contributed by atoms with van der Waals surface area (Å²) in [5.74, 6) is 1.92. The summed E-state index contributed by atoms with van der Waals surface area (Å²) in [4.78, 5) is 6.78. The Labute approximate surface area is 170 Å². The van der Waals surface area contributed by atoms with Gasteiger partial charge in [-0.2, -0.15) is 0 Å². The molecule has 0 bridgehead atoms. The first-order valence-electron chi connectivity index (χ1n) is 9.98. The fourth-order valence-corrected chi connectivity index (χ4v) is 4.18. The van der Waals surface area contributed by atoms with Gasteiger partial charge in [0.2, 0.25) is 0 Å². The molecule has 0 unspecified atom stereocenters. The van der Waals surface area contributed by atoms with Crippen LogP contribution in [0.1, 0.15) is 28.6 Å². The molecule has 1 aliphatic rings. The lowest BCUT2D eigenvalue weighted by molar-refractivity contribution is 0.176. The quantitative estimate of drug-likeness (QED) is 0.530. The number of fused-ring (bicyclic) bond motifs is 1. The highest BCUT2D eigenvalue weighted by Gasteiger charge is 2.29. The molecule has 0 fully saturated rings. The third-order valence-electron chi connectivity index (χ3n) is 5.66. The van der Waals surface area contributed by atoms with Crippen LogP contribution in [0.3, 0.4) is 0 Å². The molecule has 0 saturated carbocycles. The molecule has 144 valence electrons. The van der Waals surface area contributed by atoms with E-state index in [1.807, 2.05) is 18.5 Å². The van der Waals surface area contributed by atoms with E-state index in [4.69, 9.17) is 0 Å². The smallest absolute Gasteiger partial charge is 0.165 e. The number of hydrogen-bond donors (Lipinski definition) is 0. The minimum atomic E-state index is 0.200. The van der Waals surface area contributed by atoms with Crippen molar-refractivity contribution in [3.63, 3.8) is 0 Å². The Morgan fingerprint density at radius 2 is 1.52 bits per heavy atom. The number of nitrogens with zero attached hydrogens (tertiary/aromatic N) is 5. The van der Waals surface area contributed by atoms with Gasteiger partial charge in [-0.15, -0.1) is 10.2 Å². The fraction of sp³-hybridized carbons (Fsp3) is 0.208. The van der Waals surface area contributed by atoms with Gasteiger partial charge in [-0.1, -0.05) is 60.7 Å². The molecule has 0 spiro atoms. The average molecular weight is 381 g/mol. The summed E-state index contributed by atoms with van der Waals surface area (Å²) in [6, 6.07) is 23.6. The summed E-state index contributed by atoms with van der Waals surface area (Å²) >= 11 is 0. The Balaban J connectivity index is 1.50. The third kappa shape index (κ3) is 3.34. The zero-order valence-electron chi connectivity index (χ0n) is 16.4. The number of hydrogen-bond acceptors (Lipinski definition) is 4. The predicted octanol–water partition coefficient (Wildman–Crippen LogP) is 4.25. The van der Waals surface area contributed by atoms with Crippen molar-refractivity contribution in [1.82, 2.24) is 24.6 Å². The maximum atomic E-state index is 4.54. The highest BCUT2D eigenvalue weighted by Crippen LogP contribution is 2.32. The van der Waals surface area contributed by atoms with Crippen LogP contribution in [-0.4, -0.2) is 31.2 Å². The molecule has 0 atom stereocenters. The first-order valence-corrected chi connectivity index (χ1v) is 9.98. The SMILES string of the molecule is Cc1ccncc1-c1nnc2n1CCN(C(c1ccccc1)c1ccccc1)C2. The van der Waals surface area contributed by atoms with E-state index in [9.17, 15) is 0 Å². The number of aryl methyl sites for hydroxylation is 1. The lowest BCUT2D eigenvalue weighted by Gasteiger charge is -2.35. The summed E-state index contributed by atoms with van der Waals surface area (Å²) in [6.45, 7) is 4.66. The van der Waals surface area contributed by atoms with Crippen LogP contribution in [0, 0.1) is 6.92 Å². The summed E-state index contributed by atoms with van der Waals surface area (Å²) in [5, 5.41) is 9.05. The van der Waals surface area contributed by atoms with Gasteiger partial charge in [0.05, 0.1) is 12.6 Å². The highest BCUT2D eigenvalue weighted by atomic mass is 15.3. The molecule has 29 heavy (non-hydrogen) atoms. The zero-order valence-corrected chi connectivity index (χ0v) is 16.4. The van der Waals surface area contributed by atoms with Crippen molar-refractivity contribution in [1.29, 1.82) is 0 Å². The largest absolute Gasteiger partial charge is 0.309 e. The molecule has 5 nitrogen and oxygen atoms in total. The molecule has 0 amide bonds. The molecule has 2 aromatic carbocycles. The summed E-state index contributed by atoms with van der Waals surface area (Å²) in [5.41, 5.74) is 4.83. The Morgan fingerprint density at radius 3 is 2.17 bits per heavy atom. The van der Waals surface area contributed by atoms with Gasteiger partial charge in [0, 0.05) is 31.0 Å². The van der Waals surface area contributed by atoms with Crippen LogP contribution in [0.25, 0.3) is 11.4 Å². The zero-order chi connectivity index (χ0) is 19.6. The molecule has 0 aliphatic carbocycles. The van der Waals surface area contributed by atoms with Gasteiger partial charge in [-0.3, -0.25) is 9.88 Å². The Kier molecular flexibility index (Phi) is 4.66. The summed E-state index contributed by atoms with van der Waals surface area (Å²) in [7, 11) is 0. The second-order valence-electron chi connectivity index (χ2n) is 7.48. The van der Waals surface area contributed by atoms with Gasteiger partial charge in [0.1, 0.15) is 5.82 Å². The first kappa shape index (κ1) is 17.8. The minimum absolute atomic E-state index is 0.200. The maximum Gasteiger partial charge on any atom is 0.165 e. The number of aromatic nitrogens is 4. The van der Waals surface area contributed by atoms with Crippen LogP contribution in [0.2, 0.25) is 0 Å². The van der Waals surface area contributed by atoms with Crippen molar-refractivity contribution in [2.75, 3.05) is 6.54 Å². The molecule has 5 rings (SSSR count). The lowest BCUT2D eigenvalue weighted by Crippen LogP contribution is -2.37. The van der Waals surface area contributed by atoms with Gasteiger partial charge in [-0.25, -0.2) is 0 Å². The van der Waals surface area contributed by atoms with E-state index in [-0.39, 0.29) is 6.04 Å². The molecular weight excluding hydrogens is 358 g/mol. The normalized spacial score (nSPS) is 14.1.